The van der Waals surface area contributed by atoms with Crippen LogP contribution in [0.1, 0.15) is 21.5 Å². The second-order valence-electron chi connectivity index (χ2n) is 5.57. The molecule has 0 aliphatic heterocycles. The zero-order valence-corrected chi connectivity index (χ0v) is 14.4. The molecule has 0 saturated heterocycles. The van der Waals surface area contributed by atoms with Gasteiger partial charge in [0.15, 0.2) is 6.61 Å². The second kappa shape index (κ2) is 8.37. The topological polar surface area (TPSA) is 111 Å². The molecule has 2 rings (SSSR count). The molecule has 0 spiro atoms. The normalized spacial score (nSPS) is 10.9. The highest BCUT2D eigenvalue weighted by molar-refractivity contribution is 5.96. The Bertz CT molecular complexity index is 915. The van der Waals surface area contributed by atoms with Crippen LogP contribution < -0.4 is 15.6 Å². The van der Waals surface area contributed by atoms with Crippen molar-refractivity contribution in [2.75, 3.05) is 6.61 Å². The number of carbonyl (C=O) groups excluding carboxylic acids is 2. The van der Waals surface area contributed by atoms with Gasteiger partial charge in [-0.15, -0.1) is 0 Å². The first-order valence-electron chi connectivity index (χ1n) is 7.72. The van der Waals surface area contributed by atoms with Gasteiger partial charge in [-0.2, -0.15) is 13.2 Å². The van der Waals surface area contributed by atoms with Crippen molar-refractivity contribution in [2.24, 2.45) is 0 Å². The molecule has 2 aromatic rings. The van der Waals surface area contributed by atoms with Crippen LogP contribution >= 0.6 is 0 Å². The van der Waals surface area contributed by atoms with Crippen molar-refractivity contribution in [1.29, 1.82) is 0 Å². The van der Waals surface area contributed by atoms with Gasteiger partial charge in [0.25, 0.3) is 17.5 Å². The maximum Gasteiger partial charge on any atom is 0.416 e. The lowest BCUT2D eigenvalue weighted by Crippen LogP contribution is -2.43. The maximum absolute atomic E-state index is 12.6. The van der Waals surface area contributed by atoms with Gasteiger partial charge in [0, 0.05) is 17.2 Å². The molecule has 11 heteroatoms. The van der Waals surface area contributed by atoms with Crippen molar-refractivity contribution < 1.29 is 32.4 Å². The first-order chi connectivity index (χ1) is 13.1. The minimum atomic E-state index is -4.55. The van der Waals surface area contributed by atoms with E-state index < -0.39 is 35.1 Å². The van der Waals surface area contributed by atoms with Gasteiger partial charge in [-0.05, 0) is 31.2 Å². The highest BCUT2D eigenvalue weighted by Gasteiger charge is 2.30. The highest BCUT2D eigenvalue weighted by atomic mass is 19.4. The summed E-state index contributed by atoms with van der Waals surface area (Å²) in [5.41, 5.74) is 3.15. The third-order valence-corrected chi connectivity index (χ3v) is 3.51. The number of carbonyl (C=O) groups is 2. The zero-order valence-electron chi connectivity index (χ0n) is 14.4. The van der Waals surface area contributed by atoms with Crippen LogP contribution in [0, 0.1) is 17.0 Å². The van der Waals surface area contributed by atoms with Gasteiger partial charge in [0.05, 0.1) is 10.5 Å². The summed E-state index contributed by atoms with van der Waals surface area (Å²) in [6, 6.07) is 7.73. The predicted octanol–water partition coefficient (Wildman–Crippen LogP) is 2.76. The molecule has 0 radical (unpaired) electrons. The minimum Gasteiger partial charge on any atom is -0.484 e. The Hall–Kier alpha value is -3.63. The summed E-state index contributed by atoms with van der Waals surface area (Å²) < 4.78 is 42.8. The van der Waals surface area contributed by atoms with E-state index in [1.165, 1.54) is 25.1 Å². The molecule has 2 N–H and O–H groups in total. The van der Waals surface area contributed by atoms with Crippen molar-refractivity contribution in [3.8, 4) is 5.75 Å². The van der Waals surface area contributed by atoms with Crippen LogP contribution in [0.15, 0.2) is 42.5 Å². The lowest BCUT2D eigenvalue weighted by Gasteiger charge is -2.11. The molecule has 0 saturated carbocycles. The molecule has 148 valence electrons. The Morgan fingerprint density at radius 1 is 1.14 bits per heavy atom. The summed E-state index contributed by atoms with van der Waals surface area (Å²) in [5.74, 6) is -1.83. The van der Waals surface area contributed by atoms with E-state index in [0.29, 0.717) is 5.56 Å². The quantitative estimate of drug-likeness (QED) is 0.595. The number of halogens is 3. The van der Waals surface area contributed by atoms with Gasteiger partial charge >= 0.3 is 6.18 Å². The Balaban J connectivity index is 1.90. The average molecular weight is 397 g/mol. The minimum absolute atomic E-state index is 0.0589. The molecule has 2 aromatic carbocycles. The number of benzene rings is 2. The van der Waals surface area contributed by atoms with Crippen molar-refractivity contribution in [2.45, 2.75) is 13.1 Å². The summed E-state index contributed by atoms with van der Waals surface area (Å²) in [6.07, 6.45) is -4.55. The number of alkyl halides is 3. The molecular weight excluding hydrogens is 383 g/mol. The average Bonchev–Trinajstić information content (AvgIpc) is 2.64. The fraction of sp³-hybridized carbons (Fsp3) is 0.176. The van der Waals surface area contributed by atoms with Crippen LogP contribution in [0.2, 0.25) is 0 Å². The zero-order chi connectivity index (χ0) is 20.9. The molecule has 28 heavy (non-hydrogen) atoms. The van der Waals surface area contributed by atoms with Crippen LogP contribution in [0.4, 0.5) is 18.9 Å². The van der Waals surface area contributed by atoms with E-state index in [4.69, 9.17) is 4.74 Å². The van der Waals surface area contributed by atoms with Gasteiger partial charge in [0.1, 0.15) is 5.75 Å². The molecule has 0 fully saturated rings. The van der Waals surface area contributed by atoms with Gasteiger partial charge in [-0.3, -0.25) is 30.6 Å². The lowest BCUT2D eigenvalue weighted by molar-refractivity contribution is -0.385. The maximum atomic E-state index is 12.6. The van der Waals surface area contributed by atoms with E-state index in [1.807, 2.05) is 10.9 Å². The van der Waals surface area contributed by atoms with E-state index in [0.717, 1.165) is 24.3 Å². The van der Waals surface area contributed by atoms with E-state index in [9.17, 15) is 32.9 Å². The number of hydrogen-bond donors (Lipinski definition) is 2. The van der Waals surface area contributed by atoms with E-state index in [1.54, 1.807) is 0 Å². The number of nitro groups is 1. The van der Waals surface area contributed by atoms with Crippen LogP contribution in [0.25, 0.3) is 0 Å². The lowest BCUT2D eigenvalue weighted by atomic mass is 10.1. The van der Waals surface area contributed by atoms with Crippen molar-refractivity contribution in [1.82, 2.24) is 10.9 Å². The second-order valence-corrected chi connectivity index (χ2v) is 5.57. The molecule has 0 bridgehead atoms. The molecule has 0 atom stereocenters. The molecule has 8 nitrogen and oxygen atoms in total. The molecular formula is C17H14F3N3O5. The summed E-state index contributed by atoms with van der Waals surface area (Å²) in [4.78, 5) is 33.9. The third-order valence-electron chi connectivity index (χ3n) is 3.51. The van der Waals surface area contributed by atoms with Crippen LogP contribution in [0.3, 0.4) is 0 Å². The summed E-state index contributed by atoms with van der Waals surface area (Å²) in [6.45, 7) is 0.850. The Kier molecular flexibility index (Phi) is 6.18. The molecule has 0 heterocycles. The monoisotopic (exact) mass is 397 g/mol. The van der Waals surface area contributed by atoms with E-state index in [2.05, 4.69) is 0 Å². The van der Waals surface area contributed by atoms with Gasteiger partial charge in [-0.1, -0.05) is 12.1 Å². The summed E-state index contributed by atoms with van der Waals surface area (Å²) >= 11 is 0. The van der Waals surface area contributed by atoms with Crippen molar-refractivity contribution in [3.05, 3.63) is 69.3 Å². The number of rotatable bonds is 5. The Labute approximate surface area is 156 Å². The first kappa shape index (κ1) is 20.7. The fourth-order valence-corrected chi connectivity index (χ4v) is 2.09. The summed E-state index contributed by atoms with van der Waals surface area (Å²) in [7, 11) is 0. The number of hydrogen-bond acceptors (Lipinski definition) is 5. The van der Waals surface area contributed by atoms with Gasteiger partial charge in [-0.25, -0.2) is 0 Å². The van der Waals surface area contributed by atoms with E-state index in [-0.39, 0.29) is 17.0 Å². The predicted molar refractivity (Wildman–Crippen MR) is 90.4 cm³/mol. The number of aryl methyl sites for hydroxylation is 1. The smallest absolute Gasteiger partial charge is 0.416 e. The van der Waals surface area contributed by atoms with Crippen LogP contribution in [-0.2, 0) is 11.0 Å². The number of amides is 2. The standard InChI is InChI=1S/C17H14F3N3O5/c1-10-5-6-11(7-14(10)23(26)27)16(25)22-21-15(24)9-28-13-4-2-3-12(8-13)17(18,19)20/h2-8H,9H2,1H3,(H,21,24)(H,22,25). The molecule has 2 amide bonds. The number of nitro benzene ring substituents is 1. The Morgan fingerprint density at radius 2 is 1.86 bits per heavy atom. The SMILES string of the molecule is Cc1ccc(C(=O)NNC(=O)COc2cccc(C(F)(F)F)c2)cc1[N+](=O)[O-]. The van der Waals surface area contributed by atoms with Gasteiger partial charge in [0.2, 0.25) is 0 Å². The Morgan fingerprint density at radius 3 is 2.50 bits per heavy atom. The van der Waals surface area contributed by atoms with Crippen molar-refractivity contribution >= 4 is 17.5 Å². The number of nitrogens with one attached hydrogen (secondary N) is 2. The molecule has 0 aromatic heterocycles. The van der Waals surface area contributed by atoms with Crippen LogP contribution in [-0.4, -0.2) is 23.3 Å². The van der Waals surface area contributed by atoms with Gasteiger partial charge < -0.3 is 4.74 Å². The fourth-order valence-electron chi connectivity index (χ4n) is 2.09. The molecule has 0 aliphatic rings. The van der Waals surface area contributed by atoms with Crippen LogP contribution in [0.5, 0.6) is 5.75 Å². The highest BCUT2D eigenvalue weighted by Crippen LogP contribution is 2.31. The van der Waals surface area contributed by atoms with E-state index >= 15 is 0 Å². The number of nitrogens with zero attached hydrogens (tertiary/aromatic N) is 1. The number of hydrazine groups is 1. The van der Waals surface area contributed by atoms with Crippen molar-refractivity contribution in [3.63, 3.8) is 0 Å². The summed E-state index contributed by atoms with van der Waals surface area (Å²) in [5, 5.41) is 10.9. The third kappa shape index (κ3) is 5.43. The number of ether oxygens (including phenoxy) is 1. The largest absolute Gasteiger partial charge is 0.484 e. The first-order valence-corrected chi connectivity index (χ1v) is 7.72. The molecule has 0 unspecified atom stereocenters. The molecule has 0 aliphatic carbocycles.